The molecule has 3 rings (SSSR count). The van der Waals surface area contributed by atoms with Gasteiger partial charge in [0.25, 0.3) is 0 Å². The number of hydrogen-bond acceptors (Lipinski definition) is 3. The van der Waals surface area contributed by atoms with E-state index in [1.165, 1.54) is 5.56 Å². The lowest BCUT2D eigenvalue weighted by Crippen LogP contribution is -2.47. The summed E-state index contributed by atoms with van der Waals surface area (Å²) >= 11 is 0. The number of nitrogens with one attached hydrogen (secondary N) is 1. The highest BCUT2D eigenvalue weighted by molar-refractivity contribution is 14.0. The van der Waals surface area contributed by atoms with Crippen molar-refractivity contribution >= 4 is 35.8 Å². The van der Waals surface area contributed by atoms with Crippen LogP contribution in [-0.4, -0.2) is 49.6 Å². The normalized spacial score (nSPS) is 25.2. The predicted octanol–water partition coefficient (Wildman–Crippen LogP) is 3.33. The van der Waals surface area contributed by atoms with Crippen LogP contribution in [0.25, 0.3) is 0 Å². The maximum atomic E-state index is 11.3. The molecule has 0 radical (unpaired) electrons. The first-order valence-corrected chi connectivity index (χ1v) is 10.7. The summed E-state index contributed by atoms with van der Waals surface area (Å²) in [4.78, 5) is 18.6. The Morgan fingerprint density at radius 1 is 1.28 bits per heavy atom. The third-order valence-electron chi connectivity index (χ3n) is 5.69. The molecule has 2 aliphatic rings. The van der Waals surface area contributed by atoms with Crippen molar-refractivity contribution in [3.8, 4) is 0 Å². The number of nitrogens with two attached hydrogens (primary N) is 1. The number of nitrogens with zero attached hydrogens (tertiary/aromatic N) is 2. The number of carbonyl (C=O) groups is 1. The molecule has 162 valence electrons. The van der Waals surface area contributed by atoms with E-state index in [-0.39, 0.29) is 36.0 Å². The van der Waals surface area contributed by atoms with Gasteiger partial charge in [0.1, 0.15) is 0 Å². The first kappa shape index (κ1) is 23.9. The molecule has 1 amide bonds. The van der Waals surface area contributed by atoms with E-state index in [4.69, 9.17) is 15.5 Å². The molecule has 2 saturated heterocycles. The van der Waals surface area contributed by atoms with Gasteiger partial charge >= 0.3 is 0 Å². The lowest BCUT2D eigenvalue weighted by molar-refractivity contribution is -0.119. The Morgan fingerprint density at radius 3 is 2.79 bits per heavy atom. The summed E-state index contributed by atoms with van der Waals surface area (Å²) in [5, 5.41) is 3.44. The van der Waals surface area contributed by atoms with E-state index in [0.717, 1.165) is 64.4 Å². The summed E-state index contributed by atoms with van der Waals surface area (Å²) in [6.45, 7) is 6.32. The molecule has 1 aromatic carbocycles. The zero-order valence-electron chi connectivity index (χ0n) is 17.4. The number of guanidine groups is 1. The summed E-state index contributed by atoms with van der Waals surface area (Å²) in [5.41, 5.74) is 6.66. The number of amides is 1. The van der Waals surface area contributed by atoms with Gasteiger partial charge in [0.05, 0.1) is 6.10 Å². The van der Waals surface area contributed by atoms with Gasteiger partial charge in [-0.25, -0.2) is 0 Å². The second-order valence-electron chi connectivity index (χ2n) is 7.92. The van der Waals surface area contributed by atoms with E-state index in [2.05, 4.69) is 41.4 Å². The van der Waals surface area contributed by atoms with Gasteiger partial charge in [-0.1, -0.05) is 30.3 Å². The fourth-order valence-electron chi connectivity index (χ4n) is 4.38. The van der Waals surface area contributed by atoms with Gasteiger partial charge in [-0.2, -0.15) is 0 Å². The van der Waals surface area contributed by atoms with Crippen molar-refractivity contribution in [3.63, 3.8) is 0 Å². The molecule has 29 heavy (non-hydrogen) atoms. The van der Waals surface area contributed by atoms with E-state index in [1.54, 1.807) is 0 Å². The molecule has 3 N–H and O–H groups in total. The standard InChI is InChI=1S/C22H34N4O2.HI/c1-2-24-22(26-12-6-8-17(16-26)14-20(23)27)25-15-19-11-7-13-28-21(19)18-9-4-3-5-10-18;/h3-5,9-10,17,19,21H,2,6-8,11-16H2,1H3,(H2,23,27)(H,24,25);1H. The molecule has 2 aliphatic heterocycles. The number of rotatable bonds is 6. The Kier molecular flexibility index (Phi) is 10.2. The highest BCUT2D eigenvalue weighted by atomic mass is 127. The molecular weight excluding hydrogens is 479 g/mol. The third-order valence-corrected chi connectivity index (χ3v) is 5.69. The number of benzene rings is 1. The van der Waals surface area contributed by atoms with Gasteiger partial charge in [-0.15, -0.1) is 24.0 Å². The van der Waals surface area contributed by atoms with Crippen LogP contribution < -0.4 is 11.1 Å². The summed E-state index contributed by atoms with van der Waals surface area (Å²) in [5.74, 6) is 1.45. The highest BCUT2D eigenvalue weighted by Crippen LogP contribution is 2.33. The summed E-state index contributed by atoms with van der Waals surface area (Å²) in [6.07, 6.45) is 4.93. The zero-order chi connectivity index (χ0) is 19.8. The maximum absolute atomic E-state index is 11.3. The minimum Gasteiger partial charge on any atom is -0.373 e. The maximum Gasteiger partial charge on any atom is 0.217 e. The zero-order valence-corrected chi connectivity index (χ0v) is 19.7. The number of primary amides is 1. The molecule has 3 atom stereocenters. The Bertz CT molecular complexity index is 655. The van der Waals surface area contributed by atoms with Crippen LogP contribution in [0.2, 0.25) is 0 Å². The van der Waals surface area contributed by atoms with Gasteiger partial charge in [-0.05, 0) is 44.1 Å². The molecule has 6 nitrogen and oxygen atoms in total. The van der Waals surface area contributed by atoms with Crippen LogP contribution in [0.5, 0.6) is 0 Å². The molecule has 0 spiro atoms. The van der Waals surface area contributed by atoms with Gasteiger partial charge in [0, 0.05) is 45.1 Å². The lowest BCUT2D eigenvalue weighted by Gasteiger charge is -2.35. The number of hydrogen-bond donors (Lipinski definition) is 2. The van der Waals surface area contributed by atoms with E-state index in [1.807, 2.05) is 6.07 Å². The molecular formula is C22H35IN4O2. The third kappa shape index (κ3) is 7.13. The van der Waals surface area contributed by atoms with Crippen LogP contribution in [0, 0.1) is 11.8 Å². The van der Waals surface area contributed by atoms with Crippen molar-refractivity contribution in [1.82, 2.24) is 10.2 Å². The van der Waals surface area contributed by atoms with Gasteiger partial charge in [0.15, 0.2) is 5.96 Å². The molecule has 1 aromatic rings. The molecule has 3 unspecified atom stereocenters. The van der Waals surface area contributed by atoms with Crippen LogP contribution in [0.1, 0.15) is 50.7 Å². The predicted molar refractivity (Wildman–Crippen MR) is 127 cm³/mol. The van der Waals surface area contributed by atoms with Crippen molar-refractivity contribution in [1.29, 1.82) is 0 Å². The second-order valence-corrected chi connectivity index (χ2v) is 7.92. The average Bonchev–Trinajstić information content (AvgIpc) is 2.72. The Hall–Kier alpha value is -1.35. The first-order valence-electron chi connectivity index (χ1n) is 10.7. The molecule has 2 fully saturated rings. The fraction of sp³-hybridized carbons (Fsp3) is 0.636. The van der Waals surface area contributed by atoms with Crippen LogP contribution in [0.4, 0.5) is 0 Å². The summed E-state index contributed by atoms with van der Waals surface area (Å²) < 4.78 is 6.12. The van der Waals surface area contributed by atoms with Crippen molar-refractivity contribution in [2.24, 2.45) is 22.6 Å². The van der Waals surface area contributed by atoms with Crippen molar-refractivity contribution in [3.05, 3.63) is 35.9 Å². The Labute approximate surface area is 191 Å². The molecule has 0 aromatic heterocycles. The quantitative estimate of drug-likeness (QED) is 0.347. The van der Waals surface area contributed by atoms with E-state index in [9.17, 15) is 4.79 Å². The van der Waals surface area contributed by atoms with Crippen molar-refractivity contribution in [2.75, 3.05) is 32.8 Å². The largest absolute Gasteiger partial charge is 0.373 e. The number of piperidine rings is 1. The van der Waals surface area contributed by atoms with Crippen LogP contribution in [0.15, 0.2) is 35.3 Å². The highest BCUT2D eigenvalue weighted by Gasteiger charge is 2.28. The van der Waals surface area contributed by atoms with Crippen molar-refractivity contribution < 1.29 is 9.53 Å². The van der Waals surface area contributed by atoms with Crippen LogP contribution >= 0.6 is 24.0 Å². The molecule has 0 saturated carbocycles. The average molecular weight is 514 g/mol. The minimum atomic E-state index is -0.209. The number of carbonyl (C=O) groups excluding carboxylic acids is 1. The smallest absolute Gasteiger partial charge is 0.217 e. The van der Waals surface area contributed by atoms with Crippen molar-refractivity contribution in [2.45, 2.75) is 45.1 Å². The topological polar surface area (TPSA) is 80.0 Å². The fourth-order valence-corrected chi connectivity index (χ4v) is 4.38. The molecule has 2 heterocycles. The van der Waals surface area contributed by atoms with Gasteiger partial charge in [-0.3, -0.25) is 9.79 Å². The second kappa shape index (κ2) is 12.4. The summed E-state index contributed by atoms with van der Waals surface area (Å²) in [7, 11) is 0. The van der Waals surface area contributed by atoms with Gasteiger partial charge < -0.3 is 20.7 Å². The SMILES string of the molecule is CCNC(=NCC1CCCOC1c1ccccc1)N1CCCC(CC(N)=O)C1.I. The number of likely N-dealkylation sites (tertiary alicyclic amines) is 1. The number of ether oxygens (including phenoxy) is 1. The molecule has 0 aliphatic carbocycles. The monoisotopic (exact) mass is 514 g/mol. The molecule has 0 bridgehead atoms. The Morgan fingerprint density at radius 2 is 2.07 bits per heavy atom. The Balaban J connectivity index is 0.00000300. The number of halogens is 1. The number of aliphatic imine (C=N–C) groups is 1. The summed E-state index contributed by atoms with van der Waals surface area (Å²) in [6, 6.07) is 10.5. The first-order chi connectivity index (χ1) is 13.7. The van der Waals surface area contributed by atoms with Crippen LogP contribution in [-0.2, 0) is 9.53 Å². The minimum absolute atomic E-state index is 0. The van der Waals surface area contributed by atoms with E-state index < -0.39 is 0 Å². The molecule has 7 heteroatoms. The van der Waals surface area contributed by atoms with E-state index >= 15 is 0 Å². The van der Waals surface area contributed by atoms with Crippen LogP contribution in [0.3, 0.4) is 0 Å². The lowest BCUT2D eigenvalue weighted by atomic mass is 9.89. The van der Waals surface area contributed by atoms with Gasteiger partial charge in [0.2, 0.25) is 5.91 Å². The van der Waals surface area contributed by atoms with E-state index in [0.29, 0.717) is 18.3 Å².